The van der Waals surface area contributed by atoms with Crippen LogP contribution in [-0.4, -0.2) is 54.1 Å². The van der Waals surface area contributed by atoms with E-state index in [0.29, 0.717) is 5.95 Å². The third kappa shape index (κ3) is 3.89. The van der Waals surface area contributed by atoms with Gasteiger partial charge in [0.15, 0.2) is 0 Å². The topological polar surface area (TPSA) is 66.0 Å². The van der Waals surface area contributed by atoms with E-state index in [4.69, 9.17) is 0 Å². The molecule has 0 saturated carbocycles. The zero-order valence-corrected chi connectivity index (χ0v) is 12.1. The molecule has 0 aliphatic rings. The second-order valence-corrected chi connectivity index (χ2v) is 4.68. The number of anilines is 2. The van der Waals surface area contributed by atoms with E-state index in [1.165, 1.54) is 0 Å². The standard InChI is InChI=1S/C14H20N6/c1-15-14-17-7-6-12(19-14)11-4-5-13(18-10-11)16-8-9-20(2)3/h4-7,10H,8-9H2,1-3H3,(H,16,18)(H,15,17,19). The Balaban J connectivity index is 2.03. The summed E-state index contributed by atoms with van der Waals surface area (Å²) in [4.78, 5) is 15.0. The summed E-state index contributed by atoms with van der Waals surface area (Å²) in [6.45, 7) is 1.84. The molecule has 20 heavy (non-hydrogen) atoms. The first-order valence-electron chi connectivity index (χ1n) is 6.55. The van der Waals surface area contributed by atoms with Crippen molar-refractivity contribution in [2.24, 2.45) is 0 Å². The first-order valence-corrected chi connectivity index (χ1v) is 6.55. The van der Waals surface area contributed by atoms with Crippen LogP contribution < -0.4 is 10.6 Å². The van der Waals surface area contributed by atoms with Crippen LogP contribution in [0.5, 0.6) is 0 Å². The van der Waals surface area contributed by atoms with Gasteiger partial charge < -0.3 is 15.5 Å². The molecule has 0 atom stereocenters. The predicted octanol–water partition coefficient (Wildman–Crippen LogP) is 1.55. The van der Waals surface area contributed by atoms with Crippen molar-refractivity contribution in [3.8, 4) is 11.3 Å². The van der Waals surface area contributed by atoms with Gasteiger partial charge in [-0.15, -0.1) is 0 Å². The number of hydrogen-bond donors (Lipinski definition) is 2. The second-order valence-electron chi connectivity index (χ2n) is 4.68. The van der Waals surface area contributed by atoms with Crippen molar-refractivity contribution in [2.75, 3.05) is 44.9 Å². The van der Waals surface area contributed by atoms with Crippen LogP contribution in [0.25, 0.3) is 11.3 Å². The van der Waals surface area contributed by atoms with Gasteiger partial charge in [0.1, 0.15) is 5.82 Å². The van der Waals surface area contributed by atoms with Gasteiger partial charge in [0.25, 0.3) is 0 Å². The minimum absolute atomic E-state index is 0.607. The third-order valence-corrected chi connectivity index (χ3v) is 2.80. The summed E-state index contributed by atoms with van der Waals surface area (Å²) in [6, 6.07) is 5.84. The Kier molecular flexibility index (Phi) is 4.84. The molecule has 0 saturated heterocycles. The number of nitrogens with zero attached hydrogens (tertiary/aromatic N) is 4. The highest BCUT2D eigenvalue weighted by molar-refractivity contribution is 5.60. The van der Waals surface area contributed by atoms with Gasteiger partial charge in [0.05, 0.1) is 5.69 Å². The zero-order valence-electron chi connectivity index (χ0n) is 12.1. The maximum Gasteiger partial charge on any atom is 0.222 e. The highest BCUT2D eigenvalue weighted by Gasteiger charge is 2.02. The fourth-order valence-electron chi connectivity index (χ4n) is 1.70. The van der Waals surface area contributed by atoms with Crippen LogP contribution in [0.15, 0.2) is 30.6 Å². The first kappa shape index (κ1) is 14.2. The molecule has 0 aliphatic carbocycles. The lowest BCUT2D eigenvalue weighted by Crippen LogP contribution is -2.21. The number of pyridine rings is 1. The van der Waals surface area contributed by atoms with Gasteiger partial charge in [0.2, 0.25) is 5.95 Å². The Hall–Kier alpha value is -2.21. The maximum atomic E-state index is 4.40. The molecule has 0 bridgehead atoms. The van der Waals surface area contributed by atoms with Crippen molar-refractivity contribution in [1.82, 2.24) is 19.9 Å². The van der Waals surface area contributed by atoms with Gasteiger partial charge in [-0.2, -0.15) is 0 Å². The molecule has 0 amide bonds. The lowest BCUT2D eigenvalue weighted by atomic mass is 10.2. The average molecular weight is 272 g/mol. The van der Waals surface area contributed by atoms with Crippen LogP contribution in [-0.2, 0) is 0 Å². The summed E-state index contributed by atoms with van der Waals surface area (Å²) < 4.78 is 0. The van der Waals surface area contributed by atoms with E-state index in [2.05, 4.69) is 30.5 Å². The van der Waals surface area contributed by atoms with Crippen molar-refractivity contribution >= 4 is 11.8 Å². The summed E-state index contributed by atoms with van der Waals surface area (Å²) in [7, 11) is 5.90. The van der Waals surface area contributed by atoms with Crippen molar-refractivity contribution < 1.29 is 0 Å². The van der Waals surface area contributed by atoms with Gasteiger partial charge in [0, 0.05) is 38.1 Å². The molecule has 2 heterocycles. The molecule has 6 heteroatoms. The van der Waals surface area contributed by atoms with E-state index in [1.54, 1.807) is 13.2 Å². The Morgan fingerprint density at radius 1 is 1.15 bits per heavy atom. The molecule has 0 radical (unpaired) electrons. The van der Waals surface area contributed by atoms with Crippen molar-refractivity contribution in [3.63, 3.8) is 0 Å². The summed E-state index contributed by atoms with van der Waals surface area (Å²) in [5.74, 6) is 1.48. The lowest BCUT2D eigenvalue weighted by molar-refractivity contribution is 0.425. The third-order valence-electron chi connectivity index (χ3n) is 2.80. The van der Waals surface area contributed by atoms with Gasteiger partial charge in [-0.05, 0) is 32.3 Å². The first-order chi connectivity index (χ1) is 9.69. The van der Waals surface area contributed by atoms with Gasteiger partial charge in [-0.25, -0.2) is 15.0 Å². The van der Waals surface area contributed by atoms with Crippen LogP contribution in [0, 0.1) is 0 Å². The summed E-state index contributed by atoms with van der Waals surface area (Å²) >= 11 is 0. The minimum Gasteiger partial charge on any atom is -0.369 e. The minimum atomic E-state index is 0.607. The molecular weight excluding hydrogens is 252 g/mol. The molecule has 0 fully saturated rings. The Bertz CT molecular complexity index is 538. The van der Waals surface area contributed by atoms with Crippen molar-refractivity contribution in [1.29, 1.82) is 0 Å². The van der Waals surface area contributed by atoms with Crippen LogP contribution in [0.4, 0.5) is 11.8 Å². The number of hydrogen-bond acceptors (Lipinski definition) is 6. The predicted molar refractivity (Wildman–Crippen MR) is 81.9 cm³/mol. The average Bonchev–Trinajstić information content (AvgIpc) is 2.48. The van der Waals surface area contributed by atoms with Crippen LogP contribution in [0.1, 0.15) is 0 Å². The van der Waals surface area contributed by atoms with Gasteiger partial charge in [-0.3, -0.25) is 0 Å². The van der Waals surface area contributed by atoms with E-state index in [0.717, 1.165) is 30.2 Å². The zero-order chi connectivity index (χ0) is 14.4. The number of aromatic nitrogens is 3. The molecule has 2 rings (SSSR count). The van der Waals surface area contributed by atoms with E-state index in [9.17, 15) is 0 Å². The lowest BCUT2D eigenvalue weighted by Gasteiger charge is -2.11. The molecule has 0 aliphatic heterocycles. The van der Waals surface area contributed by atoms with Crippen LogP contribution >= 0.6 is 0 Å². The molecule has 106 valence electrons. The Labute approximate surface area is 119 Å². The number of rotatable bonds is 6. The normalized spacial score (nSPS) is 10.6. The summed E-state index contributed by atoms with van der Waals surface area (Å²) in [5.41, 5.74) is 1.83. The smallest absolute Gasteiger partial charge is 0.222 e. The molecule has 0 spiro atoms. The van der Waals surface area contributed by atoms with E-state index in [1.807, 2.05) is 38.5 Å². The van der Waals surface area contributed by atoms with Gasteiger partial charge >= 0.3 is 0 Å². The summed E-state index contributed by atoms with van der Waals surface area (Å²) in [6.07, 6.45) is 3.55. The van der Waals surface area contributed by atoms with Crippen molar-refractivity contribution in [2.45, 2.75) is 0 Å². The van der Waals surface area contributed by atoms with Crippen LogP contribution in [0.3, 0.4) is 0 Å². The fourth-order valence-corrected chi connectivity index (χ4v) is 1.70. The molecule has 0 unspecified atom stereocenters. The van der Waals surface area contributed by atoms with E-state index < -0.39 is 0 Å². The fraction of sp³-hybridized carbons (Fsp3) is 0.357. The largest absolute Gasteiger partial charge is 0.369 e. The quantitative estimate of drug-likeness (QED) is 0.832. The molecule has 6 nitrogen and oxygen atoms in total. The van der Waals surface area contributed by atoms with Gasteiger partial charge in [-0.1, -0.05) is 0 Å². The SMILES string of the molecule is CNc1nccc(-c2ccc(NCCN(C)C)nc2)n1. The highest BCUT2D eigenvalue weighted by Crippen LogP contribution is 2.17. The van der Waals surface area contributed by atoms with Crippen molar-refractivity contribution in [3.05, 3.63) is 30.6 Å². The Morgan fingerprint density at radius 3 is 2.65 bits per heavy atom. The Morgan fingerprint density at radius 2 is 2.00 bits per heavy atom. The molecular formula is C14H20N6. The number of likely N-dealkylation sites (N-methyl/N-ethyl adjacent to an activating group) is 1. The molecule has 2 aromatic rings. The van der Waals surface area contributed by atoms with Crippen LogP contribution in [0.2, 0.25) is 0 Å². The molecule has 0 aromatic carbocycles. The molecule has 2 aromatic heterocycles. The maximum absolute atomic E-state index is 4.40. The highest BCUT2D eigenvalue weighted by atomic mass is 15.1. The summed E-state index contributed by atoms with van der Waals surface area (Å²) in [5, 5.41) is 6.21. The second kappa shape index (κ2) is 6.81. The molecule has 2 N–H and O–H groups in total. The monoisotopic (exact) mass is 272 g/mol. The van der Waals surface area contributed by atoms with E-state index >= 15 is 0 Å². The number of nitrogens with one attached hydrogen (secondary N) is 2. The van der Waals surface area contributed by atoms with E-state index in [-0.39, 0.29) is 0 Å².